The molecule has 2 aliphatic rings. The monoisotopic (exact) mass is 392 g/mol. The molecule has 1 aromatic heterocycles. The Labute approximate surface area is 170 Å². The van der Waals surface area contributed by atoms with Crippen molar-refractivity contribution in [1.29, 1.82) is 0 Å². The number of aromatic hydroxyl groups is 1. The summed E-state index contributed by atoms with van der Waals surface area (Å²) in [5.74, 6) is 0.860. The number of hydrogen-bond acceptors (Lipinski definition) is 2. The first kappa shape index (κ1) is 17.8. The Hall–Kier alpha value is -2.23. The molecule has 144 valence electrons. The molecule has 1 aliphatic carbocycles. The van der Waals surface area contributed by atoms with Crippen LogP contribution in [0.1, 0.15) is 23.2 Å². The first-order chi connectivity index (χ1) is 13.6. The average Bonchev–Trinajstić information content (AvgIpc) is 3.02. The molecule has 2 heterocycles. The molecule has 2 N–H and O–H groups in total. The fourth-order valence-corrected chi connectivity index (χ4v) is 5.68. The van der Waals surface area contributed by atoms with E-state index in [0.29, 0.717) is 11.7 Å². The summed E-state index contributed by atoms with van der Waals surface area (Å²) < 4.78 is 0. The van der Waals surface area contributed by atoms with Crippen LogP contribution in [-0.2, 0) is 18.3 Å². The number of nitrogens with one attached hydrogen (secondary N) is 1. The predicted molar refractivity (Wildman–Crippen MR) is 115 cm³/mol. The number of hydrogen-bond donors (Lipinski definition) is 2. The summed E-state index contributed by atoms with van der Waals surface area (Å²) in [7, 11) is 0. The molecule has 1 fully saturated rings. The summed E-state index contributed by atoms with van der Waals surface area (Å²) in [6.07, 6.45) is 5.11. The second kappa shape index (κ2) is 6.68. The molecule has 5 rings (SSSR count). The number of benzene rings is 2. The number of fused-ring (bicyclic) bond motifs is 4. The summed E-state index contributed by atoms with van der Waals surface area (Å²) in [5, 5.41) is 12.2. The van der Waals surface area contributed by atoms with Gasteiger partial charge in [0, 0.05) is 40.1 Å². The number of likely N-dealkylation sites (tertiary alicyclic amines) is 1. The van der Waals surface area contributed by atoms with E-state index in [1.807, 2.05) is 30.3 Å². The highest BCUT2D eigenvalue weighted by Crippen LogP contribution is 2.49. The number of phenols is 1. The minimum Gasteiger partial charge on any atom is -0.508 e. The fraction of sp³-hybridized carbons (Fsp3) is 0.333. The SMILES string of the molecule is C=CCN1CC[C@]2(c3cccc(O)c3)Cc3[nH]c4cc(Cl)ccc4c3CC2C1. The van der Waals surface area contributed by atoms with Gasteiger partial charge in [0.2, 0.25) is 0 Å². The lowest BCUT2D eigenvalue weighted by atomic mass is 9.58. The van der Waals surface area contributed by atoms with Gasteiger partial charge in [0.05, 0.1) is 0 Å². The van der Waals surface area contributed by atoms with Crippen LogP contribution in [-0.4, -0.2) is 34.6 Å². The fourth-order valence-electron chi connectivity index (χ4n) is 5.51. The topological polar surface area (TPSA) is 39.3 Å². The summed E-state index contributed by atoms with van der Waals surface area (Å²) >= 11 is 6.23. The molecule has 0 spiro atoms. The van der Waals surface area contributed by atoms with Gasteiger partial charge in [0.1, 0.15) is 5.75 Å². The van der Waals surface area contributed by atoms with E-state index in [1.165, 1.54) is 22.2 Å². The molecule has 0 radical (unpaired) electrons. The maximum absolute atomic E-state index is 10.2. The van der Waals surface area contributed by atoms with E-state index >= 15 is 0 Å². The van der Waals surface area contributed by atoms with Crippen LogP contribution in [0.5, 0.6) is 5.75 Å². The van der Waals surface area contributed by atoms with Gasteiger partial charge in [-0.25, -0.2) is 0 Å². The molecule has 4 heteroatoms. The Morgan fingerprint density at radius 3 is 3.00 bits per heavy atom. The largest absolute Gasteiger partial charge is 0.508 e. The minimum absolute atomic E-state index is 0.0497. The van der Waals surface area contributed by atoms with Crippen molar-refractivity contribution in [2.45, 2.75) is 24.7 Å². The second-order valence-electron chi connectivity index (χ2n) is 8.35. The molecule has 3 nitrogen and oxygen atoms in total. The van der Waals surface area contributed by atoms with E-state index in [4.69, 9.17) is 11.6 Å². The van der Waals surface area contributed by atoms with Crippen LogP contribution < -0.4 is 0 Å². The molecular weight excluding hydrogens is 368 g/mol. The van der Waals surface area contributed by atoms with Crippen LogP contribution in [0.25, 0.3) is 10.9 Å². The summed E-state index contributed by atoms with van der Waals surface area (Å²) in [6.45, 7) is 6.98. The maximum Gasteiger partial charge on any atom is 0.115 e. The highest BCUT2D eigenvalue weighted by molar-refractivity contribution is 6.31. The zero-order valence-electron chi connectivity index (χ0n) is 15.9. The number of aromatic amines is 1. The number of halogens is 1. The number of H-pyrrole nitrogens is 1. The van der Waals surface area contributed by atoms with Crippen molar-refractivity contribution < 1.29 is 5.11 Å². The zero-order chi connectivity index (χ0) is 19.3. The van der Waals surface area contributed by atoms with Gasteiger partial charge in [-0.05, 0) is 67.1 Å². The van der Waals surface area contributed by atoms with Crippen molar-refractivity contribution in [3.8, 4) is 5.75 Å². The van der Waals surface area contributed by atoms with Gasteiger partial charge in [-0.3, -0.25) is 4.90 Å². The third-order valence-corrected chi connectivity index (χ3v) is 7.08. The summed E-state index contributed by atoms with van der Waals surface area (Å²) in [5.41, 5.74) is 5.21. The quantitative estimate of drug-likeness (QED) is 0.610. The molecule has 28 heavy (non-hydrogen) atoms. The van der Waals surface area contributed by atoms with Crippen molar-refractivity contribution in [2.24, 2.45) is 5.92 Å². The lowest BCUT2D eigenvalue weighted by molar-refractivity contribution is 0.0896. The molecule has 0 bridgehead atoms. The molecular formula is C24H25ClN2O. The Balaban J connectivity index is 1.64. The zero-order valence-corrected chi connectivity index (χ0v) is 16.7. The molecule has 3 aromatic rings. The van der Waals surface area contributed by atoms with Crippen LogP contribution in [0.2, 0.25) is 5.02 Å². The molecule has 1 unspecified atom stereocenters. The van der Waals surface area contributed by atoms with E-state index in [0.717, 1.165) is 49.4 Å². The average molecular weight is 393 g/mol. The van der Waals surface area contributed by atoms with Gasteiger partial charge in [0.25, 0.3) is 0 Å². The highest BCUT2D eigenvalue weighted by Gasteiger charge is 2.47. The smallest absolute Gasteiger partial charge is 0.115 e. The first-order valence-corrected chi connectivity index (χ1v) is 10.4. The Morgan fingerprint density at radius 2 is 2.18 bits per heavy atom. The van der Waals surface area contributed by atoms with Crippen molar-refractivity contribution in [1.82, 2.24) is 9.88 Å². The maximum atomic E-state index is 10.2. The number of piperidine rings is 1. The standard InChI is InChI=1S/C24H25ClN2O/c1-2-9-27-10-8-24(16-4-3-5-19(28)11-16)14-23-21(12-17(24)15-27)20-7-6-18(25)13-22(20)26-23/h2-7,11,13,17,26,28H,1,8-10,12,14-15H2/t17?,24-/m1/s1. The summed E-state index contributed by atoms with van der Waals surface area (Å²) in [6, 6.07) is 14.1. The number of aromatic nitrogens is 1. The van der Waals surface area contributed by atoms with E-state index in [9.17, 15) is 5.11 Å². The first-order valence-electron chi connectivity index (χ1n) is 10.0. The molecule has 2 aromatic carbocycles. The van der Waals surface area contributed by atoms with Crippen molar-refractivity contribution in [2.75, 3.05) is 19.6 Å². The van der Waals surface area contributed by atoms with E-state index in [-0.39, 0.29) is 5.41 Å². The van der Waals surface area contributed by atoms with E-state index in [2.05, 4.69) is 28.6 Å². The van der Waals surface area contributed by atoms with Gasteiger partial charge in [-0.2, -0.15) is 0 Å². The minimum atomic E-state index is 0.0497. The van der Waals surface area contributed by atoms with E-state index < -0.39 is 0 Å². The van der Waals surface area contributed by atoms with Gasteiger partial charge in [0.15, 0.2) is 0 Å². The lowest BCUT2D eigenvalue weighted by Crippen LogP contribution is -2.53. The van der Waals surface area contributed by atoms with Crippen LogP contribution in [0.3, 0.4) is 0 Å². The highest BCUT2D eigenvalue weighted by atomic mass is 35.5. The molecule has 2 atom stereocenters. The number of nitrogens with zero attached hydrogens (tertiary/aromatic N) is 1. The molecule has 1 saturated heterocycles. The second-order valence-corrected chi connectivity index (χ2v) is 8.79. The van der Waals surface area contributed by atoms with Crippen molar-refractivity contribution >= 4 is 22.5 Å². The molecule has 0 saturated carbocycles. The van der Waals surface area contributed by atoms with Crippen LogP contribution in [0.15, 0.2) is 55.1 Å². The van der Waals surface area contributed by atoms with Gasteiger partial charge >= 0.3 is 0 Å². The third kappa shape index (κ3) is 2.76. The van der Waals surface area contributed by atoms with Gasteiger partial charge in [-0.15, -0.1) is 6.58 Å². The molecule has 1 aliphatic heterocycles. The van der Waals surface area contributed by atoms with Crippen molar-refractivity contribution in [3.05, 3.63) is 77.0 Å². The predicted octanol–water partition coefficient (Wildman–Crippen LogP) is 5.07. The van der Waals surface area contributed by atoms with Gasteiger partial charge in [-0.1, -0.05) is 35.9 Å². The normalized spacial score (nSPS) is 24.7. The van der Waals surface area contributed by atoms with Crippen LogP contribution in [0.4, 0.5) is 0 Å². The number of phenolic OH excluding ortho intramolecular Hbond substituents is 1. The number of rotatable bonds is 3. The van der Waals surface area contributed by atoms with Crippen LogP contribution in [0, 0.1) is 5.92 Å². The van der Waals surface area contributed by atoms with Crippen molar-refractivity contribution in [3.63, 3.8) is 0 Å². The molecule has 0 amide bonds. The lowest BCUT2D eigenvalue weighted by Gasteiger charge is -2.51. The van der Waals surface area contributed by atoms with Gasteiger partial charge < -0.3 is 10.1 Å². The Bertz CT molecular complexity index is 1060. The summed E-state index contributed by atoms with van der Waals surface area (Å²) in [4.78, 5) is 6.17. The Kier molecular flexibility index (Phi) is 4.26. The Morgan fingerprint density at radius 1 is 1.29 bits per heavy atom. The van der Waals surface area contributed by atoms with Crippen LogP contribution >= 0.6 is 11.6 Å². The third-order valence-electron chi connectivity index (χ3n) is 6.84. The van der Waals surface area contributed by atoms with E-state index in [1.54, 1.807) is 6.07 Å².